The number of unbranched alkanes of at least 4 members (excludes halogenated alkanes) is 1. The summed E-state index contributed by atoms with van der Waals surface area (Å²) in [7, 11) is 2.19. The van der Waals surface area contributed by atoms with E-state index in [9.17, 15) is 4.79 Å². The monoisotopic (exact) mass is 227 g/mol. The van der Waals surface area contributed by atoms with E-state index in [2.05, 4.69) is 23.8 Å². The van der Waals surface area contributed by atoms with E-state index >= 15 is 0 Å². The molecule has 0 spiro atoms. The number of amides is 1. The zero-order valence-electron chi connectivity index (χ0n) is 10.7. The number of hydrogen-bond acceptors (Lipinski definition) is 3. The summed E-state index contributed by atoms with van der Waals surface area (Å²) in [5.74, 6) is 0. The molecule has 4 heteroatoms. The molecule has 1 heterocycles. The first-order chi connectivity index (χ1) is 7.76. The lowest BCUT2D eigenvalue weighted by molar-refractivity contribution is -0.119. The Morgan fingerprint density at radius 1 is 1.19 bits per heavy atom. The molecule has 0 N–H and O–H groups in total. The summed E-state index contributed by atoms with van der Waals surface area (Å²) in [6.45, 7) is 9.54. The predicted octanol–water partition coefficient (Wildman–Crippen LogP) is 0.492. The van der Waals surface area contributed by atoms with E-state index in [0.717, 1.165) is 45.7 Å². The molecule has 1 rings (SSSR count). The minimum absolute atomic E-state index is 0.891. The summed E-state index contributed by atoms with van der Waals surface area (Å²) in [4.78, 5) is 17.3. The van der Waals surface area contributed by atoms with Gasteiger partial charge in [0.25, 0.3) is 0 Å². The lowest BCUT2D eigenvalue weighted by atomic mass is 10.3. The number of carbonyl (C=O) groups is 1. The largest absolute Gasteiger partial charge is 0.343 e. The first kappa shape index (κ1) is 13.5. The Balaban J connectivity index is 2.07. The van der Waals surface area contributed by atoms with Crippen LogP contribution in [-0.4, -0.2) is 74.0 Å². The summed E-state index contributed by atoms with van der Waals surface area (Å²) in [6.07, 6.45) is 3.52. The van der Waals surface area contributed by atoms with Crippen LogP contribution in [0.3, 0.4) is 0 Å². The van der Waals surface area contributed by atoms with E-state index in [-0.39, 0.29) is 0 Å². The minimum Gasteiger partial charge on any atom is -0.343 e. The molecule has 0 aliphatic carbocycles. The van der Waals surface area contributed by atoms with Crippen LogP contribution in [0, 0.1) is 0 Å². The second-order valence-corrected chi connectivity index (χ2v) is 4.64. The molecule has 4 nitrogen and oxygen atoms in total. The quantitative estimate of drug-likeness (QED) is 0.592. The standard InChI is InChI=1S/C12H25N3O/c1-3-4-5-13(2)6-7-14-8-10-15(12-16)11-9-14/h12H,3-11H2,1-2H3. The third-order valence-electron chi connectivity index (χ3n) is 3.25. The second-order valence-electron chi connectivity index (χ2n) is 4.64. The smallest absolute Gasteiger partial charge is 0.209 e. The van der Waals surface area contributed by atoms with Crippen molar-refractivity contribution in [2.75, 3.05) is 52.9 Å². The Morgan fingerprint density at radius 2 is 1.88 bits per heavy atom. The zero-order chi connectivity index (χ0) is 11.8. The fourth-order valence-corrected chi connectivity index (χ4v) is 1.94. The van der Waals surface area contributed by atoms with Crippen molar-refractivity contribution in [2.45, 2.75) is 19.8 Å². The summed E-state index contributed by atoms with van der Waals surface area (Å²) in [5, 5.41) is 0. The maximum atomic E-state index is 10.6. The summed E-state index contributed by atoms with van der Waals surface area (Å²) in [5.41, 5.74) is 0. The molecule has 94 valence electrons. The van der Waals surface area contributed by atoms with Crippen LogP contribution >= 0.6 is 0 Å². The van der Waals surface area contributed by atoms with Crippen molar-refractivity contribution in [1.29, 1.82) is 0 Å². The van der Waals surface area contributed by atoms with Crippen molar-refractivity contribution >= 4 is 6.41 Å². The summed E-state index contributed by atoms with van der Waals surface area (Å²) < 4.78 is 0. The number of carbonyl (C=O) groups excluding carboxylic acids is 1. The molecule has 0 aromatic carbocycles. The Kier molecular flexibility index (Phi) is 6.42. The van der Waals surface area contributed by atoms with Crippen molar-refractivity contribution in [3.8, 4) is 0 Å². The Morgan fingerprint density at radius 3 is 2.44 bits per heavy atom. The number of piperazine rings is 1. The van der Waals surface area contributed by atoms with Crippen LogP contribution in [0.2, 0.25) is 0 Å². The molecule has 1 amide bonds. The Labute approximate surface area is 99.2 Å². The van der Waals surface area contributed by atoms with E-state index in [4.69, 9.17) is 0 Å². The van der Waals surface area contributed by atoms with Crippen molar-refractivity contribution in [1.82, 2.24) is 14.7 Å². The van der Waals surface area contributed by atoms with Gasteiger partial charge in [-0.3, -0.25) is 9.69 Å². The third-order valence-corrected chi connectivity index (χ3v) is 3.25. The maximum absolute atomic E-state index is 10.6. The molecular formula is C12H25N3O. The first-order valence-corrected chi connectivity index (χ1v) is 6.36. The van der Waals surface area contributed by atoms with Crippen LogP contribution in [-0.2, 0) is 4.79 Å². The van der Waals surface area contributed by atoms with E-state index in [1.54, 1.807) is 0 Å². The molecular weight excluding hydrogens is 202 g/mol. The van der Waals surface area contributed by atoms with Gasteiger partial charge >= 0.3 is 0 Å². The van der Waals surface area contributed by atoms with Crippen molar-refractivity contribution < 1.29 is 4.79 Å². The van der Waals surface area contributed by atoms with Gasteiger partial charge in [0.05, 0.1) is 0 Å². The number of nitrogens with zero attached hydrogens (tertiary/aromatic N) is 3. The van der Waals surface area contributed by atoms with Gasteiger partial charge in [0, 0.05) is 39.3 Å². The fraction of sp³-hybridized carbons (Fsp3) is 0.917. The van der Waals surface area contributed by atoms with Gasteiger partial charge in [-0.25, -0.2) is 0 Å². The average Bonchev–Trinajstić information content (AvgIpc) is 2.34. The van der Waals surface area contributed by atoms with E-state index in [1.807, 2.05) is 4.90 Å². The van der Waals surface area contributed by atoms with Gasteiger partial charge in [-0.15, -0.1) is 0 Å². The predicted molar refractivity (Wildman–Crippen MR) is 66.5 cm³/mol. The highest BCUT2D eigenvalue weighted by Gasteiger charge is 2.14. The molecule has 0 aromatic heterocycles. The maximum Gasteiger partial charge on any atom is 0.209 e. The normalized spacial score (nSPS) is 18.1. The van der Waals surface area contributed by atoms with Crippen molar-refractivity contribution in [3.05, 3.63) is 0 Å². The molecule has 0 bridgehead atoms. The molecule has 0 saturated carbocycles. The zero-order valence-corrected chi connectivity index (χ0v) is 10.7. The molecule has 0 atom stereocenters. The summed E-state index contributed by atoms with van der Waals surface area (Å²) >= 11 is 0. The van der Waals surface area contributed by atoms with Crippen LogP contribution in [0.5, 0.6) is 0 Å². The molecule has 1 fully saturated rings. The van der Waals surface area contributed by atoms with Crippen molar-refractivity contribution in [2.24, 2.45) is 0 Å². The Hall–Kier alpha value is -0.610. The van der Waals surface area contributed by atoms with Gasteiger partial charge in [0.1, 0.15) is 0 Å². The first-order valence-electron chi connectivity index (χ1n) is 6.36. The highest BCUT2D eigenvalue weighted by atomic mass is 16.1. The number of rotatable bonds is 7. The van der Waals surface area contributed by atoms with E-state index in [0.29, 0.717) is 0 Å². The van der Waals surface area contributed by atoms with E-state index in [1.165, 1.54) is 19.4 Å². The van der Waals surface area contributed by atoms with E-state index < -0.39 is 0 Å². The molecule has 0 radical (unpaired) electrons. The number of likely N-dealkylation sites (N-methyl/N-ethyl adjacent to an activating group) is 1. The van der Waals surface area contributed by atoms with Gasteiger partial charge in [0.15, 0.2) is 0 Å². The van der Waals surface area contributed by atoms with Crippen molar-refractivity contribution in [3.63, 3.8) is 0 Å². The second kappa shape index (κ2) is 7.63. The van der Waals surface area contributed by atoms with Crippen LogP contribution in [0.25, 0.3) is 0 Å². The van der Waals surface area contributed by atoms with Crippen LogP contribution < -0.4 is 0 Å². The fourth-order valence-electron chi connectivity index (χ4n) is 1.94. The van der Waals surface area contributed by atoms with Crippen LogP contribution in [0.15, 0.2) is 0 Å². The van der Waals surface area contributed by atoms with Crippen LogP contribution in [0.1, 0.15) is 19.8 Å². The van der Waals surface area contributed by atoms with Gasteiger partial charge < -0.3 is 9.80 Å². The summed E-state index contributed by atoms with van der Waals surface area (Å²) in [6, 6.07) is 0. The SMILES string of the molecule is CCCCN(C)CCN1CCN(C=O)CC1. The lowest BCUT2D eigenvalue weighted by Gasteiger charge is -2.33. The van der Waals surface area contributed by atoms with Gasteiger partial charge in [-0.05, 0) is 20.0 Å². The molecule has 1 saturated heterocycles. The molecule has 1 aliphatic rings. The highest BCUT2D eigenvalue weighted by Crippen LogP contribution is 2.00. The molecule has 16 heavy (non-hydrogen) atoms. The van der Waals surface area contributed by atoms with Crippen LogP contribution in [0.4, 0.5) is 0 Å². The minimum atomic E-state index is 0.891. The lowest BCUT2D eigenvalue weighted by Crippen LogP contribution is -2.47. The third kappa shape index (κ3) is 4.94. The average molecular weight is 227 g/mol. The van der Waals surface area contributed by atoms with Gasteiger partial charge in [-0.2, -0.15) is 0 Å². The molecule has 0 aromatic rings. The van der Waals surface area contributed by atoms with Gasteiger partial charge in [-0.1, -0.05) is 13.3 Å². The highest BCUT2D eigenvalue weighted by molar-refractivity contribution is 5.47. The van der Waals surface area contributed by atoms with Gasteiger partial charge in [0.2, 0.25) is 6.41 Å². The number of hydrogen-bond donors (Lipinski definition) is 0. The topological polar surface area (TPSA) is 26.8 Å². The molecule has 1 aliphatic heterocycles. The molecule has 0 unspecified atom stereocenters. The Bertz CT molecular complexity index is 191.